The van der Waals surface area contributed by atoms with Crippen molar-refractivity contribution >= 4 is 16.9 Å². The molecular formula is C25H22FN3O. The van der Waals surface area contributed by atoms with Gasteiger partial charge >= 0.3 is 6.03 Å². The highest BCUT2D eigenvalue weighted by Gasteiger charge is 2.35. The van der Waals surface area contributed by atoms with Crippen LogP contribution in [-0.2, 0) is 13.0 Å². The first kappa shape index (κ1) is 18.4. The van der Waals surface area contributed by atoms with Crippen molar-refractivity contribution in [3.05, 3.63) is 107 Å². The highest BCUT2D eigenvalue weighted by Crippen LogP contribution is 2.39. The molecule has 0 saturated carbocycles. The average molecular weight is 399 g/mol. The van der Waals surface area contributed by atoms with Crippen LogP contribution in [0.4, 0.5) is 9.18 Å². The molecule has 0 saturated heterocycles. The molecule has 2 amide bonds. The van der Waals surface area contributed by atoms with Gasteiger partial charge in [0.25, 0.3) is 0 Å². The first-order valence-electron chi connectivity index (χ1n) is 10.1. The summed E-state index contributed by atoms with van der Waals surface area (Å²) in [5, 5.41) is 4.14. The molecule has 0 unspecified atom stereocenters. The Morgan fingerprint density at radius 1 is 1.00 bits per heavy atom. The Morgan fingerprint density at radius 3 is 2.57 bits per heavy atom. The van der Waals surface area contributed by atoms with Crippen molar-refractivity contribution in [2.24, 2.45) is 0 Å². The van der Waals surface area contributed by atoms with Gasteiger partial charge in [-0.05, 0) is 29.7 Å². The van der Waals surface area contributed by atoms with Gasteiger partial charge < -0.3 is 15.2 Å². The van der Waals surface area contributed by atoms with E-state index in [-0.39, 0.29) is 11.8 Å². The summed E-state index contributed by atoms with van der Waals surface area (Å²) in [7, 11) is 0. The molecule has 2 N–H and O–H groups in total. The molecule has 4 nitrogen and oxygen atoms in total. The van der Waals surface area contributed by atoms with Gasteiger partial charge in [-0.15, -0.1) is 0 Å². The van der Waals surface area contributed by atoms with E-state index in [0.29, 0.717) is 18.7 Å². The topological polar surface area (TPSA) is 48.1 Å². The van der Waals surface area contributed by atoms with Gasteiger partial charge in [-0.3, -0.25) is 0 Å². The summed E-state index contributed by atoms with van der Waals surface area (Å²) in [4.78, 5) is 18.4. The Labute approximate surface area is 174 Å². The number of hydrogen-bond donors (Lipinski definition) is 2. The number of nitrogens with one attached hydrogen (secondary N) is 2. The quantitative estimate of drug-likeness (QED) is 0.491. The molecule has 4 aromatic rings. The second kappa shape index (κ2) is 7.67. The summed E-state index contributed by atoms with van der Waals surface area (Å²) < 4.78 is 14.8. The SMILES string of the molecule is O=C(NCc1ccccc1)N1CCc2c([nH]c3ccccc23)[C@@H]1c1ccccc1F. The average Bonchev–Trinajstić information content (AvgIpc) is 3.17. The van der Waals surface area contributed by atoms with E-state index >= 15 is 0 Å². The molecular weight excluding hydrogens is 377 g/mol. The molecule has 1 atom stereocenters. The summed E-state index contributed by atoms with van der Waals surface area (Å²) in [5.41, 5.74) is 4.58. The van der Waals surface area contributed by atoms with Crippen LogP contribution in [-0.4, -0.2) is 22.5 Å². The van der Waals surface area contributed by atoms with Gasteiger partial charge in [0.1, 0.15) is 11.9 Å². The molecule has 1 aliphatic rings. The van der Waals surface area contributed by atoms with Crippen molar-refractivity contribution in [2.45, 2.75) is 19.0 Å². The van der Waals surface area contributed by atoms with Crippen LogP contribution in [0.3, 0.4) is 0 Å². The highest BCUT2D eigenvalue weighted by molar-refractivity contribution is 5.86. The van der Waals surface area contributed by atoms with E-state index in [1.165, 1.54) is 6.07 Å². The van der Waals surface area contributed by atoms with Gasteiger partial charge in [0.05, 0.1) is 0 Å². The Hall–Kier alpha value is -3.60. The second-order valence-corrected chi connectivity index (χ2v) is 7.57. The minimum atomic E-state index is -0.502. The summed E-state index contributed by atoms with van der Waals surface area (Å²) in [6, 6.07) is 23.9. The highest BCUT2D eigenvalue weighted by atomic mass is 19.1. The van der Waals surface area contributed by atoms with Gasteiger partial charge in [-0.25, -0.2) is 9.18 Å². The van der Waals surface area contributed by atoms with E-state index in [2.05, 4.69) is 16.4 Å². The zero-order valence-corrected chi connectivity index (χ0v) is 16.4. The fourth-order valence-electron chi connectivity index (χ4n) is 4.35. The third-order valence-electron chi connectivity index (χ3n) is 5.78. The van der Waals surface area contributed by atoms with Crippen LogP contribution in [0.25, 0.3) is 10.9 Å². The standard InChI is InChI=1S/C25H22FN3O/c26-21-12-6-4-11-20(21)24-23-19(18-10-5-7-13-22(18)28-23)14-15-29(24)25(30)27-16-17-8-2-1-3-9-17/h1-13,24,28H,14-16H2,(H,27,30)/t24-/m0/s1. The molecule has 0 radical (unpaired) electrons. The molecule has 0 bridgehead atoms. The number of nitrogens with zero attached hydrogens (tertiary/aromatic N) is 1. The number of benzene rings is 3. The summed E-state index contributed by atoms with van der Waals surface area (Å²) >= 11 is 0. The Kier molecular flexibility index (Phi) is 4.71. The largest absolute Gasteiger partial charge is 0.356 e. The number of rotatable bonds is 3. The molecule has 5 rings (SSSR count). The molecule has 0 aliphatic carbocycles. The fourth-order valence-corrected chi connectivity index (χ4v) is 4.35. The first-order chi connectivity index (χ1) is 14.7. The number of carbonyl (C=O) groups is 1. The van der Waals surface area contributed by atoms with E-state index in [0.717, 1.165) is 34.1 Å². The van der Waals surface area contributed by atoms with Crippen molar-refractivity contribution in [1.29, 1.82) is 0 Å². The van der Waals surface area contributed by atoms with Gasteiger partial charge in [0.2, 0.25) is 0 Å². The molecule has 0 spiro atoms. The molecule has 2 heterocycles. The van der Waals surface area contributed by atoms with Crippen molar-refractivity contribution in [2.75, 3.05) is 6.54 Å². The van der Waals surface area contributed by atoms with Crippen molar-refractivity contribution in [3.8, 4) is 0 Å². The molecule has 1 aromatic heterocycles. The van der Waals surface area contributed by atoms with E-state index < -0.39 is 6.04 Å². The van der Waals surface area contributed by atoms with Crippen LogP contribution < -0.4 is 5.32 Å². The number of halogens is 1. The van der Waals surface area contributed by atoms with E-state index in [1.807, 2.05) is 54.6 Å². The smallest absolute Gasteiger partial charge is 0.318 e. The number of aromatic amines is 1. The van der Waals surface area contributed by atoms with Crippen LogP contribution in [0.1, 0.15) is 28.4 Å². The molecule has 150 valence electrons. The summed E-state index contributed by atoms with van der Waals surface area (Å²) in [6.07, 6.45) is 0.725. The Balaban J connectivity index is 1.53. The molecule has 1 aliphatic heterocycles. The van der Waals surface area contributed by atoms with E-state index in [9.17, 15) is 9.18 Å². The number of hydrogen-bond acceptors (Lipinski definition) is 1. The van der Waals surface area contributed by atoms with Crippen LogP contribution in [0, 0.1) is 5.82 Å². The zero-order valence-electron chi connectivity index (χ0n) is 16.4. The number of amides is 2. The fraction of sp³-hybridized carbons (Fsp3) is 0.160. The summed E-state index contributed by atoms with van der Waals surface area (Å²) in [5.74, 6) is -0.310. The maximum atomic E-state index is 14.8. The maximum absolute atomic E-state index is 14.8. The maximum Gasteiger partial charge on any atom is 0.318 e. The number of urea groups is 1. The minimum absolute atomic E-state index is 0.198. The lowest BCUT2D eigenvalue weighted by atomic mass is 9.92. The number of fused-ring (bicyclic) bond motifs is 3. The lowest BCUT2D eigenvalue weighted by molar-refractivity contribution is 0.177. The van der Waals surface area contributed by atoms with Crippen LogP contribution in [0.15, 0.2) is 78.9 Å². The number of H-pyrrole nitrogens is 1. The third-order valence-corrected chi connectivity index (χ3v) is 5.78. The monoisotopic (exact) mass is 399 g/mol. The second-order valence-electron chi connectivity index (χ2n) is 7.57. The molecule has 0 fully saturated rings. The molecule has 30 heavy (non-hydrogen) atoms. The van der Waals surface area contributed by atoms with E-state index in [4.69, 9.17) is 0 Å². The predicted octanol–water partition coefficient (Wildman–Crippen LogP) is 5.16. The van der Waals surface area contributed by atoms with E-state index in [1.54, 1.807) is 17.0 Å². The minimum Gasteiger partial charge on any atom is -0.356 e. The van der Waals surface area contributed by atoms with Crippen molar-refractivity contribution < 1.29 is 9.18 Å². The Morgan fingerprint density at radius 2 is 1.73 bits per heavy atom. The van der Waals surface area contributed by atoms with Crippen LogP contribution in [0.2, 0.25) is 0 Å². The van der Waals surface area contributed by atoms with Gasteiger partial charge in [-0.2, -0.15) is 0 Å². The van der Waals surface area contributed by atoms with Crippen molar-refractivity contribution in [1.82, 2.24) is 15.2 Å². The van der Waals surface area contributed by atoms with Gasteiger partial charge in [0, 0.05) is 35.2 Å². The van der Waals surface area contributed by atoms with Crippen LogP contribution in [0.5, 0.6) is 0 Å². The third kappa shape index (κ3) is 3.22. The van der Waals surface area contributed by atoms with Crippen molar-refractivity contribution in [3.63, 3.8) is 0 Å². The number of carbonyl (C=O) groups excluding carboxylic acids is 1. The first-order valence-corrected chi connectivity index (χ1v) is 10.1. The number of para-hydroxylation sites is 1. The zero-order chi connectivity index (χ0) is 20.5. The normalized spacial score (nSPS) is 15.8. The lowest BCUT2D eigenvalue weighted by Gasteiger charge is -2.36. The molecule has 5 heteroatoms. The predicted molar refractivity (Wildman–Crippen MR) is 116 cm³/mol. The van der Waals surface area contributed by atoms with Gasteiger partial charge in [-0.1, -0.05) is 66.7 Å². The summed E-state index contributed by atoms with van der Waals surface area (Å²) in [6.45, 7) is 0.953. The van der Waals surface area contributed by atoms with Crippen LogP contribution >= 0.6 is 0 Å². The van der Waals surface area contributed by atoms with Gasteiger partial charge in [0.15, 0.2) is 0 Å². The Bertz CT molecular complexity index is 1200. The number of aromatic nitrogens is 1. The molecule has 3 aromatic carbocycles. The lowest BCUT2D eigenvalue weighted by Crippen LogP contribution is -2.46.